The van der Waals surface area contributed by atoms with Crippen molar-refractivity contribution in [1.29, 1.82) is 0 Å². The van der Waals surface area contributed by atoms with Gasteiger partial charge < -0.3 is 9.47 Å². The van der Waals surface area contributed by atoms with Gasteiger partial charge in [0.15, 0.2) is 5.41 Å². The van der Waals surface area contributed by atoms with Crippen LogP contribution in [0.3, 0.4) is 0 Å². The fourth-order valence-corrected chi connectivity index (χ4v) is 1.36. The molecule has 0 saturated carbocycles. The topological polar surface area (TPSA) is 95.7 Å². The van der Waals surface area contributed by atoms with Crippen molar-refractivity contribution in [3.8, 4) is 0 Å². The highest BCUT2D eigenvalue weighted by Gasteiger charge is 2.46. The van der Waals surface area contributed by atoms with E-state index in [1.165, 1.54) is 18.2 Å². The molecule has 19 heavy (non-hydrogen) atoms. The fraction of sp³-hybridized carbons (Fsp3) is 0.333. The monoisotopic (exact) mass is 269 g/mol. The summed E-state index contributed by atoms with van der Waals surface area (Å²) in [7, 11) is 2.16. The summed E-state index contributed by atoms with van der Waals surface area (Å²) >= 11 is 0. The number of carbonyl (C=O) groups excluding carboxylic acids is 2. The van der Waals surface area contributed by atoms with Gasteiger partial charge in [-0.3, -0.25) is 19.7 Å². The molecule has 0 bridgehead atoms. The molecule has 0 heterocycles. The van der Waals surface area contributed by atoms with Crippen LogP contribution >= 0.6 is 0 Å². The molecule has 0 saturated heterocycles. The van der Waals surface area contributed by atoms with Gasteiger partial charge in [-0.2, -0.15) is 0 Å². The Hall–Kier alpha value is -2.44. The first-order chi connectivity index (χ1) is 8.94. The molecule has 0 aliphatic heterocycles. The van der Waals surface area contributed by atoms with Crippen LogP contribution in [0.4, 0.5) is 0 Å². The number of allylic oxidation sites excluding steroid dienone is 3. The van der Waals surface area contributed by atoms with Crippen molar-refractivity contribution in [3.63, 3.8) is 0 Å². The summed E-state index contributed by atoms with van der Waals surface area (Å²) in [5.74, 6) is -1.88. The quantitative estimate of drug-likeness (QED) is 0.227. The van der Waals surface area contributed by atoms with Gasteiger partial charge in [-0.1, -0.05) is 24.8 Å². The van der Waals surface area contributed by atoms with Crippen LogP contribution in [0.5, 0.6) is 0 Å². The van der Waals surface area contributed by atoms with E-state index in [1.807, 2.05) is 0 Å². The molecule has 0 aromatic rings. The van der Waals surface area contributed by atoms with Gasteiger partial charge in [0.05, 0.1) is 19.1 Å². The molecule has 0 N–H and O–H groups in total. The maximum absolute atomic E-state index is 11.8. The smallest absolute Gasteiger partial charge is 0.327 e. The second-order valence-corrected chi connectivity index (χ2v) is 3.42. The van der Waals surface area contributed by atoms with Crippen LogP contribution in [-0.2, 0) is 19.1 Å². The number of hydrogen-bond acceptors (Lipinski definition) is 6. The molecule has 0 aliphatic carbocycles. The van der Waals surface area contributed by atoms with E-state index in [0.717, 1.165) is 20.3 Å². The lowest BCUT2D eigenvalue weighted by Crippen LogP contribution is -2.39. The average Bonchev–Trinajstić information content (AvgIpc) is 2.40. The van der Waals surface area contributed by atoms with Gasteiger partial charge in [-0.05, 0) is 6.42 Å². The molecular weight excluding hydrogens is 254 g/mol. The molecular formula is C12H15NO6. The minimum Gasteiger partial charge on any atom is -0.468 e. The average molecular weight is 269 g/mol. The van der Waals surface area contributed by atoms with Crippen molar-refractivity contribution in [2.24, 2.45) is 5.41 Å². The predicted octanol–water partition coefficient (Wildman–Crippen LogP) is 1.24. The molecule has 0 unspecified atom stereocenters. The van der Waals surface area contributed by atoms with Gasteiger partial charge >= 0.3 is 11.9 Å². The summed E-state index contributed by atoms with van der Waals surface area (Å²) in [5, 5.41) is 10.4. The Kier molecular flexibility index (Phi) is 6.80. The minimum absolute atomic E-state index is 0.136. The first kappa shape index (κ1) is 16.6. The fourth-order valence-electron chi connectivity index (χ4n) is 1.36. The number of ether oxygens (including phenoxy) is 2. The van der Waals surface area contributed by atoms with Crippen molar-refractivity contribution in [3.05, 3.63) is 47.2 Å². The zero-order valence-electron chi connectivity index (χ0n) is 10.7. The first-order valence-electron chi connectivity index (χ1n) is 5.22. The van der Waals surface area contributed by atoms with Crippen LogP contribution in [0.2, 0.25) is 0 Å². The van der Waals surface area contributed by atoms with Gasteiger partial charge in [0, 0.05) is 6.08 Å². The zero-order valence-corrected chi connectivity index (χ0v) is 10.7. The third kappa shape index (κ3) is 4.38. The standard InChI is InChI=1S/C12H15NO6/c1-4-5-6-7-12(10(14)18-2,11(15)19-3)8-9-13(16)17/h4-6,8-9H,1,7H2,2-3H3/b6-5+,9-8+. The SMILES string of the molecule is C=C/C=C/CC(/C=C/[N+](=O)[O-])(C(=O)OC)C(=O)OC. The Morgan fingerprint density at radius 1 is 1.32 bits per heavy atom. The number of nitro groups is 1. The summed E-state index contributed by atoms with van der Waals surface area (Å²) < 4.78 is 9.06. The van der Waals surface area contributed by atoms with E-state index >= 15 is 0 Å². The number of rotatable bonds is 7. The van der Waals surface area contributed by atoms with Crippen LogP contribution in [0.25, 0.3) is 0 Å². The number of methoxy groups -OCH3 is 2. The van der Waals surface area contributed by atoms with E-state index in [9.17, 15) is 19.7 Å². The maximum atomic E-state index is 11.8. The van der Waals surface area contributed by atoms with Crippen LogP contribution in [0.1, 0.15) is 6.42 Å². The molecule has 0 atom stereocenters. The second kappa shape index (κ2) is 7.80. The van der Waals surface area contributed by atoms with Crippen molar-refractivity contribution in [2.45, 2.75) is 6.42 Å². The normalized spacial score (nSPS) is 11.5. The summed E-state index contributed by atoms with van der Waals surface area (Å²) in [6.07, 6.45) is 5.64. The molecule has 0 amide bonds. The molecule has 0 rings (SSSR count). The van der Waals surface area contributed by atoms with Crippen LogP contribution in [0, 0.1) is 15.5 Å². The first-order valence-corrected chi connectivity index (χ1v) is 5.22. The molecule has 7 nitrogen and oxygen atoms in total. The van der Waals surface area contributed by atoms with Gasteiger partial charge in [0.1, 0.15) is 0 Å². The molecule has 104 valence electrons. The maximum Gasteiger partial charge on any atom is 0.327 e. The zero-order chi connectivity index (χ0) is 14.9. The van der Waals surface area contributed by atoms with Crippen molar-refractivity contribution < 1.29 is 24.0 Å². The molecule has 0 aromatic heterocycles. The lowest BCUT2D eigenvalue weighted by atomic mass is 9.84. The van der Waals surface area contributed by atoms with Gasteiger partial charge in [0.2, 0.25) is 6.20 Å². The largest absolute Gasteiger partial charge is 0.468 e. The summed E-state index contributed by atoms with van der Waals surface area (Å²) in [6, 6.07) is 0. The van der Waals surface area contributed by atoms with Crippen LogP contribution < -0.4 is 0 Å². The molecule has 0 aromatic carbocycles. The van der Waals surface area contributed by atoms with Gasteiger partial charge in [-0.15, -0.1) is 0 Å². The molecule has 0 radical (unpaired) electrons. The molecule has 0 fully saturated rings. The van der Waals surface area contributed by atoms with Crippen LogP contribution in [-0.4, -0.2) is 31.1 Å². The Labute approximate surface area is 110 Å². The van der Waals surface area contributed by atoms with Crippen molar-refractivity contribution >= 4 is 11.9 Å². The number of nitrogens with zero attached hydrogens (tertiary/aromatic N) is 1. The van der Waals surface area contributed by atoms with E-state index < -0.39 is 22.3 Å². The van der Waals surface area contributed by atoms with E-state index in [4.69, 9.17) is 0 Å². The van der Waals surface area contributed by atoms with Gasteiger partial charge in [-0.25, -0.2) is 0 Å². The summed E-state index contributed by atoms with van der Waals surface area (Å²) in [5.41, 5.74) is -1.88. The highest BCUT2D eigenvalue weighted by atomic mass is 16.6. The Balaban J connectivity index is 5.63. The Bertz CT molecular complexity index is 408. The van der Waals surface area contributed by atoms with Crippen LogP contribution in [0.15, 0.2) is 37.1 Å². The molecule has 0 spiro atoms. The molecule has 0 aliphatic rings. The van der Waals surface area contributed by atoms with Gasteiger partial charge in [0.25, 0.3) is 0 Å². The van der Waals surface area contributed by atoms with Crippen molar-refractivity contribution in [2.75, 3.05) is 14.2 Å². The highest BCUT2D eigenvalue weighted by Crippen LogP contribution is 2.28. The lowest BCUT2D eigenvalue weighted by Gasteiger charge is -2.22. The van der Waals surface area contributed by atoms with E-state index in [1.54, 1.807) is 0 Å². The summed E-state index contributed by atoms with van der Waals surface area (Å²) in [4.78, 5) is 33.2. The number of carbonyl (C=O) groups is 2. The third-order valence-electron chi connectivity index (χ3n) is 2.29. The second-order valence-electron chi connectivity index (χ2n) is 3.42. The number of hydrogen-bond donors (Lipinski definition) is 0. The summed E-state index contributed by atoms with van der Waals surface area (Å²) in [6.45, 7) is 3.44. The minimum atomic E-state index is -1.88. The van der Waals surface area contributed by atoms with E-state index in [2.05, 4.69) is 16.1 Å². The molecule has 7 heteroatoms. The third-order valence-corrected chi connectivity index (χ3v) is 2.29. The lowest BCUT2D eigenvalue weighted by molar-refractivity contribution is -0.403. The Morgan fingerprint density at radius 2 is 1.84 bits per heavy atom. The number of esters is 2. The van der Waals surface area contributed by atoms with Crippen molar-refractivity contribution in [1.82, 2.24) is 0 Å². The highest BCUT2D eigenvalue weighted by molar-refractivity contribution is 6.02. The predicted molar refractivity (Wildman–Crippen MR) is 66.6 cm³/mol. The van der Waals surface area contributed by atoms with E-state index in [0.29, 0.717) is 6.20 Å². The Morgan fingerprint density at radius 3 is 2.21 bits per heavy atom. The van der Waals surface area contributed by atoms with E-state index in [-0.39, 0.29) is 6.42 Å².